The van der Waals surface area contributed by atoms with Crippen LogP contribution in [0, 0.1) is 19.8 Å². The fraction of sp³-hybridized carbons (Fsp3) is 0.667. The molecule has 4 atom stereocenters. The van der Waals surface area contributed by atoms with E-state index in [1.165, 1.54) is 0 Å². The summed E-state index contributed by atoms with van der Waals surface area (Å²) in [6.07, 6.45) is 3.22. The van der Waals surface area contributed by atoms with Gasteiger partial charge in [-0.2, -0.15) is 0 Å². The third-order valence-corrected chi connectivity index (χ3v) is 5.60. The third-order valence-electron chi connectivity index (χ3n) is 5.60. The van der Waals surface area contributed by atoms with Gasteiger partial charge in [0.25, 0.3) is 0 Å². The van der Waals surface area contributed by atoms with Gasteiger partial charge >= 0.3 is 6.09 Å². The lowest BCUT2D eigenvalue weighted by Crippen LogP contribution is -2.46. The molecule has 1 aromatic rings. The zero-order valence-electron chi connectivity index (χ0n) is 16.1. The monoisotopic (exact) mass is 345 g/mol. The topological polar surface area (TPSA) is 49.8 Å². The van der Waals surface area contributed by atoms with E-state index in [4.69, 9.17) is 4.74 Å². The van der Waals surface area contributed by atoms with Gasteiger partial charge in [-0.15, -0.1) is 0 Å². The second-order valence-electron chi connectivity index (χ2n) is 8.75. The van der Waals surface area contributed by atoms with Crippen molar-refractivity contribution < 1.29 is 14.6 Å². The molecule has 0 radical (unpaired) electrons. The number of carbonyl (C=O) groups is 1. The Morgan fingerprint density at radius 2 is 2.00 bits per heavy atom. The summed E-state index contributed by atoms with van der Waals surface area (Å²) in [4.78, 5) is 14.8. The number of hydrogen-bond acceptors (Lipinski definition) is 3. The molecular weight excluding hydrogens is 314 g/mol. The number of aliphatic hydroxyl groups excluding tert-OH is 1. The summed E-state index contributed by atoms with van der Waals surface area (Å²) in [5.41, 5.74) is 2.60. The highest BCUT2D eigenvalue weighted by molar-refractivity contribution is 5.70. The number of aliphatic hydroxyl groups is 1. The van der Waals surface area contributed by atoms with E-state index in [9.17, 15) is 9.90 Å². The maximum absolute atomic E-state index is 12.9. The summed E-state index contributed by atoms with van der Waals surface area (Å²) < 4.78 is 5.68. The quantitative estimate of drug-likeness (QED) is 0.857. The molecule has 1 heterocycles. The van der Waals surface area contributed by atoms with Gasteiger partial charge < -0.3 is 9.84 Å². The average Bonchev–Trinajstić information content (AvgIpc) is 3.07. The second kappa shape index (κ2) is 6.64. The Balaban J connectivity index is 1.90. The predicted octanol–water partition coefficient (Wildman–Crippen LogP) is 4.51. The van der Waals surface area contributed by atoms with Gasteiger partial charge in [0, 0.05) is 6.04 Å². The minimum atomic E-state index is -0.669. The Hall–Kier alpha value is -1.55. The first-order valence-corrected chi connectivity index (χ1v) is 9.44. The van der Waals surface area contributed by atoms with Crippen molar-refractivity contribution in [1.82, 2.24) is 4.90 Å². The molecule has 0 spiro atoms. The number of carbonyl (C=O) groups excluding carboxylic acids is 1. The van der Waals surface area contributed by atoms with Crippen molar-refractivity contribution in [2.75, 3.05) is 0 Å². The van der Waals surface area contributed by atoms with E-state index in [1.807, 2.05) is 51.7 Å². The van der Waals surface area contributed by atoms with Crippen LogP contribution in [-0.4, -0.2) is 33.8 Å². The fourth-order valence-corrected chi connectivity index (χ4v) is 4.48. The standard InChI is InChI=1S/C21H31NO3/c1-13-9-10-14(2)16(11-13)19(23)18-12-15-7-6-8-17(15)22(18)20(24)25-21(3,4)5/h9-11,15,17-19,23H,6-8,12H2,1-5H3/t15-,17-,18-,19+/m1/s1. The average molecular weight is 345 g/mol. The summed E-state index contributed by atoms with van der Waals surface area (Å²) in [5, 5.41) is 11.1. The van der Waals surface area contributed by atoms with Gasteiger partial charge in [0.1, 0.15) is 5.60 Å². The molecule has 2 aliphatic rings. The van der Waals surface area contributed by atoms with Gasteiger partial charge in [0.15, 0.2) is 0 Å². The van der Waals surface area contributed by atoms with Crippen molar-refractivity contribution in [3.63, 3.8) is 0 Å². The van der Waals surface area contributed by atoms with Crippen LogP contribution in [-0.2, 0) is 4.74 Å². The Bertz CT molecular complexity index is 649. The van der Waals surface area contributed by atoms with E-state index in [2.05, 4.69) is 6.07 Å². The lowest BCUT2D eigenvalue weighted by molar-refractivity contribution is -0.00512. The van der Waals surface area contributed by atoms with Crippen LogP contribution in [0.2, 0.25) is 0 Å². The van der Waals surface area contributed by atoms with Crippen molar-refractivity contribution in [2.45, 2.75) is 84.1 Å². The molecular formula is C21H31NO3. The summed E-state index contributed by atoms with van der Waals surface area (Å²) in [6.45, 7) is 9.73. The van der Waals surface area contributed by atoms with Crippen LogP contribution in [0.5, 0.6) is 0 Å². The van der Waals surface area contributed by atoms with Crippen LogP contribution in [0.3, 0.4) is 0 Å². The van der Waals surface area contributed by atoms with Crippen LogP contribution < -0.4 is 0 Å². The summed E-state index contributed by atoms with van der Waals surface area (Å²) >= 11 is 0. The molecule has 25 heavy (non-hydrogen) atoms. The van der Waals surface area contributed by atoms with Crippen LogP contribution in [0.15, 0.2) is 18.2 Å². The SMILES string of the molecule is Cc1ccc(C)c([C@H](O)[C@H]2C[C@H]3CCC[C@H]3N2C(=O)OC(C)(C)C)c1. The van der Waals surface area contributed by atoms with Gasteiger partial charge in [-0.05, 0) is 70.9 Å². The van der Waals surface area contributed by atoms with E-state index < -0.39 is 11.7 Å². The number of fused-ring (bicyclic) bond motifs is 1. The van der Waals surface area contributed by atoms with E-state index in [-0.39, 0.29) is 18.2 Å². The first kappa shape index (κ1) is 18.2. The zero-order valence-corrected chi connectivity index (χ0v) is 16.1. The number of rotatable bonds is 2. The number of likely N-dealkylation sites (tertiary alicyclic amines) is 1. The second-order valence-corrected chi connectivity index (χ2v) is 8.75. The van der Waals surface area contributed by atoms with Crippen LogP contribution in [0.4, 0.5) is 4.79 Å². The molecule has 2 fully saturated rings. The summed E-state index contributed by atoms with van der Waals surface area (Å²) in [7, 11) is 0. The van der Waals surface area contributed by atoms with Crippen molar-refractivity contribution in [2.24, 2.45) is 5.92 Å². The molecule has 3 rings (SSSR count). The Kier molecular flexibility index (Phi) is 4.84. The molecule has 4 nitrogen and oxygen atoms in total. The molecule has 1 aliphatic heterocycles. The molecule has 1 N–H and O–H groups in total. The summed E-state index contributed by atoms with van der Waals surface area (Å²) in [5.74, 6) is 0.484. The molecule has 1 aromatic carbocycles. The van der Waals surface area contributed by atoms with Gasteiger partial charge in [-0.1, -0.05) is 30.2 Å². The molecule has 0 bridgehead atoms. The molecule has 138 valence electrons. The van der Waals surface area contributed by atoms with Crippen LogP contribution >= 0.6 is 0 Å². The number of benzene rings is 1. The molecule has 1 aliphatic carbocycles. The minimum Gasteiger partial charge on any atom is -0.444 e. The molecule has 0 aromatic heterocycles. The largest absolute Gasteiger partial charge is 0.444 e. The van der Waals surface area contributed by atoms with Gasteiger partial charge in [-0.3, -0.25) is 4.90 Å². The van der Waals surface area contributed by atoms with Gasteiger partial charge in [-0.25, -0.2) is 4.79 Å². The molecule has 4 heteroatoms. The summed E-state index contributed by atoms with van der Waals surface area (Å²) in [6, 6.07) is 6.15. The fourth-order valence-electron chi connectivity index (χ4n) is 4.48. The van der Waals surface area contributed by atoms with E-state index in [0.717, 1.165) is 42.4 Å². The minimum absolute atomic E-state index is 0.203. The Morgan fingerprint density at radius 3 is 2.68 bits per heavy atom. The maximum Gasteiger partial charge on any atom is 0.410 e. The van der Waals surface area contributed by atoms with Crippen molar-refractivity contribution in [1.29, 1.82) is 0 Å². The number of hydrogen-bond donors (Lipinski definition) is 1. The molecule has 1 amide bonds. The lowest BCUT2D eigenvalue weighted by atomic mass is 9.92. The number of nitrogens with zero attached hydrogens (tertiary/aromatic N) is 1. The lowest BCUT2D eigenvalue weighted by Gasteiger charge is -2.34. The molecule has 1 saturated heterocycles. The van der Waals surface area contributed by atoms with Gasteiger partial charge in [0.05, 0.1) is 12.1 Å². The first-order valence-electron chi connectivity index (χ1n) is 9.44. The first-order chi connectivity index (χ1) is 11.7. The number of amides is 1. The van der Waals surface area contributed by atoms with Crippen LogP contribution in [0.25, 0.3) is 0 Å². The van der Waals surface area contributed by atoms with E-state index >= 15 is 0 Å². The highest BCUT2D eigenvalue weighted by Crippen LogP contribution is 2.45. The number of ether oxygens (including phenoxy) is 1. The normalized spacial score (nSPS) is 27.3. The van der Waals surface area contributed by atoms with E-state index in [1.54, 1.807) is 0 Å². The van der Waals surface area contributed by atoms with Crippen LogP contribution in [0.1, 0.15) is 69.2 Å². The van der Waals surface area contributed by atoms with E-state index in [0.29, 0.717) is 5.92 Å². The maximum atomic E-state index is 12.9. The smallest absolute Gasteiger partial charge is 0.410 e. The van der Waals surface area contributed by atoms with Crippen molar-refractivity contribution in [3.05, 3.63) is 34.9 Å². The highest BCUT2D eigenvalue weighted by Gasteiger charge is 2.49. The predicted molar refractivity (Wildman–Crippen MR) is 98.5 cm³/mol. The molecule has 1 saturated carbocycles. The zero-order chi connectivity index (χ0) is 18.4. The Morgan fingerprint density at radius 1 is 1.28 bits per heavy atom. The molecule has 0 unspecified atom stereocenters. The van der Waals surface area contributed by atoms with Crippen molar-refractivity contribution in [3.8, 4) is 0 Å². The van der Waals surface area contributed by atoms with Crippen molar-refractivity contribution >= 4 is 6.09 Å². The number of aryl methyl sites for hydroxylation is 2. The highest BCUT2D eigenvalue weighted by atomic mass is 16.6. The Labute approximate surface area is 151 Å². The third kappa shape index (κ3) is 3.69. The van der Waals surface area contributed by atoms with Gasteiger partial charge in [0.2, 0.25) is 0 Å².